The lowest BCUT2D eigenvalue weighted by molar-refractivity contribution is -0.129. The largest absolute Gasteiger partial charge is 0.349 e. The molecule has 0 bridgehead atoms. The molecule has 1 aliphatic heterocycles. The Hall–Kier alpha value is -1.49. The molecule has 120 valence electrons. The Labute approximate surface area is 136 Å². The number of hydrogen-bond donors (Lipinski definition) is 1. The Morgan fingerprint density at radius 1 is 1.14 bits per heavy atom. The van der Waals surface area contributed by atoms with Crippen molar-refractivity contribution in [2.45, 2.75) is 32.2 Å². The summed E-state index contributed by atoms with van der Waals surface area (Å²) in [5.41, 5.74) is 1.09. The van der Waals surface area contributed by atoms with Crippen LogP contribution in [0.15, 0.2) is 30.3 Å². The first kappa shape index (κ1) is 16.9. The van der Waals surface area contributed by atoms with Gasteiger partial charge in [0.05, 0.1) is 17.5 Å². The van der Waals surface area contributed by atoms with Gasteiger partial charge in [0.25, 0.3) is 0 Å². The zero-order valence-corrected chi connectivity index (χ0v) is 13.9. The highest BCUT2D eigenvalue weighted by molar-refractivity contribution is 8.00. The molecule has 0 unspecified atom stereocenters. The van der Waals surface area contributed by atoms with Gasteiger partial charge in [-0.1, -0.05) is 30.3 Å². The highest BCUT2D eigenvalue weighted by atomic mass is 32.2. The lowest BCUT2D eigenvalue weighted by Gasteiger charge is -2.26. The predicted molar refractivity (Wildman–Crippen MR) is 90.8 cm³/mol. The number of piperidine rings is 1. The predicted octanol–water partition coefficient (Wildman–Crippen LogP) is 2.61. The van der Waals surface area contributed by atoms with Crippen LogP contribution < -0.4 is 5.32 Å². The number of rotatable bonds is 6. The molecule has 1 saturated heterocycles. The van der Waals surface area contributed by atoms with Gasteiger partial charge in [-0.3, -0.25) is 9.59 Å². The van der Waals surface area contributed by atoms with Gasteiger partial charge < -0.3 is 10.2 Å². The van der Waals surface area contributed by atoms with Crippen molar-refractivity contribution in [3.63, 3.8) is 0 Å². The Bertz CT molecular complexity index is 487. The van der Waals surface area contributed by atoms with E-state index in [1.807, 2.05) is 42.2 Å². The van der Waals surface area contributed by atoms with Gasteiger partial charge in [-0.2, -0.15) is 0 Å². The quantitative estimate of drug-likeness (QED) is 0.876. The van der Waals surface area contributed by atoms with Crippen molar-refractivity contribution in [1.82, 2.24) is 10.2 Å². The van der Waals surface area contributed by atoms with Gasteiger partial charge in [0.15, 0.2) is 0 Å². The first-order chi connectivity index (χ1) is 10.7. The summed E-state index contributed by atoms with van der Waals surface area (Å²) in [6.07, 6.45) is 3.42. The first-order valence-electron chi connectivity index (χ1n) is 7.86. The maximum Gasteiger partial charge on any atom is 0.232 e. The van der Waals surface area contributed by atoms with Crippen LogP contribution in [0.25, 0.3) is 0 Å². The van der Waals surface area contributed by atoms with Crippen molar-refractivity contribution in [3.8, 4) is 0 Å². The second kappa shape index (κ2) is 8.83. The molecule has 1 heterocycles. The van der Waals surface area contributed by atoms with E-state index in [4.69, 9.17) is 0 Å². The van der Waals surface area contributed by atoms with Gasteiger partial charge in [0.1, 0.15) is 0 Å². The maximum absolute atomic E-state index is 12.0. The molecule has 1 fully saturated rings. The standard InChI is InChI=1S/C17H24N2O2S/c1-14(15-8-4-2-5-9-15)18-16(20)12-22-13-17(21)19-10-6-3-7-11-19/h2,4-5,8-9,14H,3,6-7,10-13H2,1H3,(H,18,20)/t14-/m0/s1. The molecule has 1 aromatic rings. The summed E-state index contributed by atoms with van der Waals surface area (Å²) in [4.78, 5) is 25.8. The van der Waals surface area contributed by atoms with Gasteiger partial charge in [0.2, 0.25) is 11.8 Å². The molecule has 0 radical (unpaired) electrons. The summed E-state index contributed by atoms with van der Waals surface area (Å²) >= 11 is 1.40. The summed E-state index contributed by atoms with van der Waals surface area (Å²) in [5, 5.41) is 2.96. The highest BCUT2D eigenvalue weighted by Crippen LogP contribution is 2.13. The average Bonchev–Trinajstić information content (AvgIpc) is 2.56. The van der Waals surface area contributed by atoms with Crippen molar-refractivity contribution in [2.75, 3.05) is 24.6 Å². The van der Waals surface area contributed by atoms with Gasteiger partial charge in [-0.25, -0.2) is 0 Å². The monoisotopic (exact) mass is 320 g/mol. The average molecular weight is 320 g/mol. The Kier molecular flexibility index (Phi) is 6.77. The third-order valence-corrected chi connectivity index (χ3v) is 4.76. The maximum atomic E-state index is 12.0. The van der Waals surface area contributed by atoms with Gasteiger partial charge in [0, 0.05) is 13.1 Å². The normalized spacial score (nSPS) is 16.1. The number of nitrogens with one attached hydrogen (secondary N) is 1. The van der Waals surface area contributed by atoms with E-state index in [1.54, 1.807) is 0 Å². The third kappa shape index (κ3) is 5.37. The van der Waals surface area contributed by atoms with Crippen LogP contribution in [0.4, 0.5) is 0 Å². The minimum absolute atomic E-state index is 0.00732. The second-order valence-corrected chi connectivity index (χ2v) is 6.62. The zero-order valence-electron chi connectivity index (χ0n) is 13.1. The summed E-state index contributed by atoms with van der Waals surface area (Å²) in [6.45, 7) is 3.71. The Morgan fingerprint density at radius 3 is 2.50 bits per heavy atom. The Balaban J connectivity index is 1.66. The van der Waals surface area contributed by atoms with Crippen molar-refractivity contribution < 1.29 is 9.59 Å². The number of hydrogen-bond acceptors (Lipinski definition) is 3. The number of benzene rings is 1. The molecule has 0 aliphatic carbocycles. The summed E-state index contributed by atoms with van der Waals surface area (Å²) in [6, 6.07) is 9.87. The molecule has 0 spiro atoms. The zero-order chi connectivity index (χ0) is 15.8. The smallest absolute Gasteiger partial charge is 0.232 e. The van der Waals surface area contributed by atoms with Crippen LogP contribution in [-0.2, 0) is 9.59 Å². The molecular weight excluding hydrogens is 296 g/mol. The molecule has 2 rings (SSSR count). The van der Waals surface area contributed by atoms with Crippen molar-refractivity contribution in [1.29, 1.82) is 0 Å². The van der Waals surface area contributed by atoms with Gasteiger partial charge in [-0.05, 0) is 31.7 Å². The SMILES string of the molecule is C[C@H](NC(=O)CSCC(=O)N1CCCCC1)c1ccccc1. The topological polar surface area (TPSA) is 49.4 Å². The molecule has 0 aromatic heterocycles. The second-order valence-electron chi connectivity index (χ2n) is 5.63. The van der Waals surface area contributed by atoms with E-state index in [9.17, 15) is 9.59 Å². The molecule has 0 saturated carbocycles. The number of nitrogens with zero attached hydrogens (tertiary/aromatic N) is 1. The lowest BCUT2D eigenvalue weighted by Crippen LogP contribution is -2.37. The molecular formula is C17H24N2O2S. The van der Waals surface area contributed by atoms with Crippen molar-refractivity contribution in [3.05, 3.63) is 35.9 Å². The van der Waals surface area contributed by atoms with E-state index in [2.05, 4.69) is 5.32 Å². The number of likely N-dealkylation sites (tertiary alicyclic amines) is 1. The molecule has 2 amide bonds. The van der Waals surface area contributed by atoms with Gasteiger partial charge >= 0.3 is 0 Å². The minimum atomic E-state index is -0.0206. The first-order valence-corrected chi connectivity index (χ1v) is 9.02. The number of carbonyl (C=O) groups is 2. The molecule has 1 aliphatic rings. The van der Waals surface area contributed by atoms with Crippen LogP contribution in [0.1, 0.15) is 37.8 Å². The molecule has 1 atom stereocenters. The Morgan fingerprint density at radius 2 is 1.82 bits per heavy atom. The van der Waals surface area contributed by atoms with E-state index in [0.717, 1.165) is 31.5 Å². The molecule has 22 heavy (non-hydrogen) atoms. The molecule has 5 heteroatoms. The summed E-state index contributed by atoms with van der Waals surface area (Å²) in [7, 11) is 0. The van der Waals surface area contributed by atoms with Crippen LogP contribution in [0.2, 0.25) is 0 Å². The summed E-state index contributed by atoms with van der Waals surface area (Å²) in [5.74, 6) is 0.866. The van der Waals surface area contributed by atoms with E-state index in [0.29, 0.717) is 11.5 Å². The van der Waals surface area contributed by atoms with E-state index in [-0.39, 0.29) is 17.9 Å². The van der Waals surface area contributed by atoms with Crippen LogP contribution in [-0.4, -0.2) is 41.3 Å². The lowest BCUT2D eigenvalue weighted by atomic mass is 10.1. The minimum Gasteiger partial charge on any atom is -0.349 e. The van der Waals surface area contributed by atoms with Crippen molar-refractivity contribution >= 4 is 23.6 Å². The van der Waals surface area contributed by atoms with E-state index in [1.165, 1.54) is 18.2 Å². The number of thioether (sulfide) groups is 1. The number of carbonyl (C=O) groups excluding carboxylic acids is 2. The molecule has 1 aromatic carbocycles. The fourth-order valence-corrected chi connectivity index (χ4v) is 3.30. The van der Waals surface area contributed by atoms with Gasteiger partial charge in [-0.15, -0.1) is 11.8 Å². The fourth-order valence-electron chi connectivity index (χ4n) is 2.57. The van der Waals surface area contributed by atoms with Crippen LogP contribution in [0.5, 0.6) is 0 Å². The van der Waals surface area contributed by atoms with E-state index >= 15 is 0 Å². The van der Waals surface area contributed by atoms with Crippen LogP contribution >= 0.6 is 11.8 Å². The molecule has 1 N–H and O–H groups in total. The molecule has 4 nitrogen and oxygen atoms in total. The third-order valence-electron chi connectivity index (χ3n) is 3.84. The number of amides is 2. The highest BCUT2D eigenvalue weighted by Gasteiger charge is 2.17. The summed E-state index contributed by atoms with van der Waals surface area (Å²) < 4.78 is 0. The van der Waals surface area contributed by atoms with Crippen molar-refractivity contribution in [2.24, 2.45) is 0 Å². The fraction of sp³-hybridized carbons (Fsp3) is 0.529. The van der Waals surface area contributed by atoms with E-state index < -0.39 is 0 Å². The van der Waals surface area contributed by atoms with Crippen LogP contribution in [0.3, 0.4) is 0 Å². The van der Waals surface area contributed by atoms with Crippen LogP contribution in [0, 0.1) is 0 Å².